The molecule has 7 nitrogen and oxygen atoms in total. The molecular formula is C20H25N3O4S. The smallest absolute Gasteiger partial charge is 0.270 e. The minimum Gasteiger partial charge on any atom is -0.377 e. The van der Waals surface area contributed by atoms with Gasteiger partial charge in [0, 0.05) is 39.5 Å². The molecule has 2 aliphatic heterocycles. The highest BCUT2D eigenvalue weighted by molar-refractivity contribution is 7.89. The summed E-state index contributed by atoms with van der Waals surface area (Å²) in [4.78, 5) is 14.8. The van der Waals surface area contributed by atoms with Crippen molar-refractivity contribution >= 4 is 15.9 Å². The van der Waals surface area contributed by atoms with E-state index in [1.54, 1.807) is 12.1 Å². The number of ether oxygens (including phenoxy) is 1. The third kappa shape index (κ3) is 3.85. The van der Waals surface area contributed by atoms with E-state index in [1.807, 2.05) is 40.9 Å². The van der Waals surface area contributed by atoms with Crippen molar-refractivity contribution in [2.75, 3.05) is 19.7 Å². The highest BCUT2D eigenvalue weighted by Crippen LogP contribution is 2.24. The van der Waals surface area contributed by atoms with Crippen molar-refractivity contribution in [2.24, 2.45) is 7.05 Å². The molecule has 0 spiro atoms. The first-order chi connectivity index (χ1) is 13.4. The van der Waals surface area contributed by atoms with Crippen molar-refractivity contribution in [1.82, 2.24) is 14.2 Å². The maximum atomic E-state index is 12.7. The lowest BCUT2D eigenvalue weighted by atomic mass is 9.99. The summed E-state index contributed by atoms with van der Waals surface area (Å²) in [6.45, 7) is 2.06. The summed E-state index contributed by atoms with van der Waals surface area (Å²) in [6.07, 6.45) is 4.32. The van der Waals surface area contributed by atoms with E-state index in [4.69, 9.17) is 4.74 Å². The van der Waals surface area contributed by atoms with Gasteiger partial charge < -0.3 is 14.2 Å². The van der Waals surface area contributed by atoms with Crippen LogP contribution in [0.25, 0.3) is 0 Å². The molecule has 1 atom stereocenters. The number of sulfonamides is 1. The van der Waals surface area contributed by atoms with Crippen LogP contribution in [0, 0.1) is 0 Å². The van der Waals surface area contributed by atoms with Crippen LogP contribution in [0.2, 0.25) is 0 Å². The van der Waals surface area contributed by atoms with E-state index < -0.39 is 10.0 Å². The van der Waals surface area contributed by atoms with Crippen LogP contribution in [0.3, 0.4) is 0 Å². The first-order valence-electron chi connectivity index (χ1n) is 9.58. The molecule has 0 saturated carbocycles. The van der Waals surface area contributed by atoms with E-state index in [0.717, 1.165) is 24.0 Å². The number of amides is 1. The van der Waals surface area contributed by atoms with E-state index in [2.05, 4.69) is 4.72 Å². The van der Waals surface area contributed by atoms with Crippen molar-refractivity contribution in [2.45, 2.75) is 36.8 Å². The maximum Gasteiger partial charge on any atom is 0.270 e. The summed E-state index contributed by atoms with van der Waals surface area (Å²) in [5, 5.41) is 0. The van der Waals surface area contributed by atoms with Gasteiger partial charge in [0.25, 0.3) is 5.91 Å². The van der Waals surface area contributed by atoms with Crippen LogP contribution < -0.4 is 4.72 Å². The molecule has 1 aromatic carbocycles. The molecular weight excluding hydrogens is 378 g/mol. The molecule has 2 aliphatic rings. The first kappa shape index (κ1) is 19.2. The molecule has 8 heteroatoms. The third-order valence-electron chi connectivity index (χ3n) is 5.48. The second kappa shape index (κ2) is 7.69. The Morgan fingerprint density at radius 1 is 1.29 bits per heavy atom. The van der Waals surface area contributed by atoms with E-state index in [-0.39, 0.29) is 16.9 Å². The Bertz CT molecular complexity index is 977. The topological polar surface area (TPSA) is 80.6 Å². The Kier molecular flexibility index (Phi) is 5.27. The molecule has 1 fully saturated rings. The van der Waals surface area contributed by atoms with Gasteiger partial charge in [-0.1, -0.05) is 6.07 Å². The largest absolute Gasteiger partial charge is 0.377 e. The van der Waals surface area contributed by atoms with Crippen LogP contribution in [-0.2, 0) is 34.8 Å². The number of nitrogens with one attached hydrogen (secondary N) is 1. The fourth-order valence-corrected chi connectivity index (χ4v) is 4.92. The number of aromatic nitrogens is 1. The molecule has 28 heavy (non-hydrogen) atoms. The van der Waals surface area contributed by atoms with Crippen LogP contribution in [0.5, 0.6) is 0 Å². The quantitative estimate of drug-likeness (QED) is 0.824. The number of fused-ring (bicyclic) bond motifs is 1. The Morgan fingerprint density at radius 2 is 2.14 bits per heavy atom. The average molecular weight is 404 g/mol. The zero-order valence-electron chi connectivity index (χ0n) is 15.9. The third-order valence-corrected chi connectivity index (χ3v) is 6.90. The van der Waals surface area contributed by atoms with Gasteiger partial charge in [0.15, 0.2) is 0 Å². The second-order valence-electron chi connectivity index (χ2n) is 7.40. The Morgan fingerprint density at radius 3 is 2.86 bits per heavy atom. The van der Waals surface area contributed by atoms with Gasteiger partial charge in [-0.05, 0) is 54.7 Å². The highest BCUT2D eigenvalue weighted by Gasteiger charge is 2.25. The molecule has 1 saturated heterocycles. The van der Waals surface area contributed by atoms with Gasteiger partial charge in [0.1, 0.15) is 5.69 Å². The van der Waals surface area contributed by atoms with Crippen LogP contribution >= 0.6 is 0 Å². The van der Waals surface area contributed by atoms with Gasteiger partial charge in [-0.25, -0.2) is 13.1 Å². The predicted octanol–water partition coefficient (Wildman–Crippen LogP) is 1.68. The Hall–Kier alpha value is -2.16. The number of carbonyl (C=O) groups is 1. The molecule has 1 amide bonds. The molecule has 0 unspecified atom stereocenters. The van der Waals surface area contributed by atoms with Crippen LogP contribution in [-0.4, -0.2) is 49.6 Å². The minimum absolute atomic E-state index is 0.00641. The fraction of sp³-hybridized carbons (Fsp3) is 0.450. The molecule has 0 bridgehead atoms. The van der Waals surface area contributed by atoms with Gasteiger partial charge in [-0.3, -0.25) is 4.79 Å². The molecule has 4 rings (SSSR count). The molecule has 0 radical (unpaired) electrons. The van der Waals surface area contributed by atoms with E-state index >= 15 is 0 Å². The average Bonchev–Trinajstić information content (AvgIpc) is 3.36. The molecule has 150 valence electrons. The SMILES string of the molecule is Cn1cccc1C(=O)N1CCc2cc(S(=O)(=O)NC[C@H]3CCCO3)ccc2C1. The lowest BCUT2D eigenvalue weighted by Crippen LogP contribution is -2.37. The van der Waals surface area contributed by atoms with Gasteiger partial charge in [-0.2, -0.15) is 0 Å². The Labute approximate surface area is 165 Å². The van der Waals surface area contributed by atoms with Gasteiger partial charge in [0.05, 0.1) is 11.0 Å². The predicted molar refractivity (Wildman–Crippen MR) is 104 cm³/mol. The van der Waals surface area contributed by atoms with E-state index in [9.17, 15) is 13.2 Å². The van der Waals surface area contributed by atoms with Crippen molar-refractivity contribution < 1.29 is 17.9 Å². The second-order valence-corrected chi connectivity index (χ2v) is 9.17. The Balaban J connectivity index is 1.46. The molecule has 1 aromatic heterocycles. The van der Waals surface area contributed by atoms with Crippen LogP contribution in [0.4, 0.5) is 0 Å². The lowest BCUT2D eigenvalue weighted by Gasteiger charge is -2.29. The normalized spacial score (nSPS) is 19.6. The van der Waals surface area contributed by atoms with Crippen molar-refractivity contribution in [1.29, 1.82) is 0 Å². The zero-order valence-corrected chi connectivity index (χ0v) is 16.7. The van der Waals surface area contributed by atoms with Crippen molar-refractivity contribution in [3.8, 4) is 0 Å². The van der Waals surface area contributed by atoms with Crippen molar-refractivity contribution in [3.63, 3.8) is 0 Å². The van der Waals surface area contributed by atoms with Crippen molar-refractivity contribution in [3.05, 3.63) is 53.3 Å². The number of nitrogens with zero attached hydrogens (tertiary/aromatic N) is 2. The number of carbonyl (C=O) groups excluding carboxylic acids is 1. The fourth-order valence-electron chi connectivity index (χ4n) is 3.81. The number of rotatable bonds is 5. The zero-order chi connectivity index (χ0) is 19.7. The number of hydrogen-bond acceptors (Lipinski definition) is 4. The number of aryl methyl sites for hydroxylation is 1. The molecule has 1 N–H and O–H groups in total. The maximum absolute atomic E-state index is 12.7. The summed E-state index contributed by atoms with van der Waals surface area (Å²) >= 11 is 0. The summed E-state index contributed by atoms with van der Waals surface area (Å²) < 4.78 is 35.2. The number of benzene rings is 1. The summed E-state index contributed by atoms with van der Waals surface area (Å²) in [5.41, 5.74) is 2.63. The van der Waals surface area contributed by atoms with Gasteiger partial charge >= 0.3 is 0 Å². The summed E-state index contributed by atoms with van der Waals surface area (Å²) in [7, 11) is -1.71. The van der Waals surface area contributed by atoms with Gasteiger partial charge in [0.2, 0.25) is 10.0 Å². The van der Waals surface area contributed by atoms with E-state index in [0.29, 0.717) is 38.4 Å². The standard InChI is InChI=1S/C20H25N3O4S/c1-22-9-2-5-19(22)20(24)23-10-8-15-12-18(7-6-16(15)14-23)28(25,26)21-13-17-4-3-11-27-17/h2,5-7,9,12,17,21H,3-4,8,10-11,13-14H2,1H3/t17-/m1/s1. The summed E-state index contributed by atoms with van der Waals surface area (Å²) in [6, 6.07) is 8.84. The highest BCUT2D eigenvalue weighted by atomic mass is 32.2. The van der Waals surface area contributed by atoms with Crippen LogP contribution in [0.15, 0.2) is 41.4 Å². The molecule has 0 aliphatic carbocycles. The first-order valence-corrected chi connectivity index (χ1v) is 11.1. The summed E-state index contributed by atoms with van der Waals surface area (Å²) in [5.74, 6) is -0.00641. The minimum atomic E-state index is -3.57. The van der Waals surface area contributed by atoms with E-state index in [1.165, 1.54) is 0 Å². The lowest BCUT2D eigenvalue weighted by molar-refractivity contribution is 0.0725. The van der Waals surface area contributed by atoms with Gasteiger partial charge in [-0.15, -0.1) is 0 Å². The number of hydrogen-bond donors (Lipinski definition) is 1. The van der Waals surface area contributed by atoms with Crippen LogP contribution in [0.1, 0.15) is 34.5 Å². The molecule has 2 aromatic rings. The molecule has 3 heterocycles. The monoisotopic (exact) mass is 403 g/mol.